The molecule has 7 heteroatoms. The summed E-state index contributed by atoms with van der Waals surface area (Å²) in [5.74, 6) is 1.74. The van der Waals surface area contributed by atoms with Gasteiger partial charge in [0.2, 0.25) is 0 Å². The second kappa shape index (κ2) is 8.78. The molecule has 1 aliphatic rings. The number of methoxy groups -OCH3 is 1. The van der Waals surface area contributed by atoms with Crippen LogP contribution in [0.4, 0.5) is 0 Å². The van der Waals surface area contributed by atoms with Crippen molar-refractivity contribution in [1.82, 2.24) is 20.1 Å². The molecule has 24 heavy (non-hydrogen) atoms. The van der Waals surface area contributed by atoms with Crippen molar-refractivity contribution >= 4 is 17.3 Å². The minimum Gasteiger partial charge on any atom is -0.375 e. The van der Waals surface area contributed by atoms with Crippen LogP contribution in [0.3, 0.4) is 0 Å². The van der Waals surface area contributed by atoms with Crippen molar-refractivity contribution in [1.29, 1.82) is 0 Å². The van der Waals surface area contributed by atoms with E-state index >= 15 is 0 Å². The van der Waals surface area contributed by atoms with Gasteiger partial charge in [-0.25, -0.2) is 4.98 Å². The van der Waals surface area contributed by atoms with Crippen molar-refractivity contribution in [2.24, 2.45) is 10.9 Å². The van der Waals surface area contributed by atoms with E-state index in [0.29, 0.717) is 6.04 Å². The third kappa shape index (κ3) is 5.16. The summed E-state index contributed by atoms with van der Waals surface area (Å²) in [4.78, 5) is 13.5. The van der Waals surface area contributed by atoms with Gasteiger partial charge in [-0.05, 0) is 39.8 Å². The monoisotopic (exact) mass is 353 g/mol. The van der Waals surface area contributed by atoms with E-state index in [1.54, 1.807) is 18.4 Å². The normalized spacial score (nSPS) is 17.9. The zero-order valence-electron chi connectivity index (χ0n) is 15.7. The number of hydrogen-bond acceptors (Lipinski definition) is 5. The van der Waals surface area contributed by atoms with E-state index in [4.69, 9.17) is 4.74 Å². The van der Waals surface area contributed by atoms with E-state index in [1.807, 2.05) is 14.0 Å². The van der Waals surface area contributed by atoms with Crippen LogP contribution in [-0.2, 0) is 11.3 Å². The van der Waals surface area contributed by atoms with Crippen LogP contribution < -0.4 is 5.32 Å². The van der Waals surface area contributed by atoms with Gasteiger partial charge in [0, 0.05) is 39.2 Å². The Kier molecular flexibility index (Phi) is 7.01. The Hall–Kier alpha value is -1.18. The smallest absolute Gasteiger partial charge is 0.193 e. The first-order valence-electron chi connectivity index (χ1n) is 8.51. The number of aromatic nitrogens is 1. The van der Waals surface area contributed by atoms with Gasteiger partial charge in [0.1, 0.15) is 11.1 Å². The van der Waals surface area contributed by atoms with E-state index in [2.05, 4.69) is 51.6 Å². The van der Waals surface area contributed by atoms with E-state index in [0.717, 1.165) is 35.7 Å². The van der Waals surface area contributed by atoms with Crippen molar-refractivity contribution in [3.63, 3.8) is 0 Å². The number of ether oxygens (including phenoxy) is 1. The molecule has 1 N–H and O–H groups in total. The second-order valence-electron chi connectivity index (χ2n) is 6.71. The van der Waals surface area contributed by atoms with Crippen molar-refractivity contribution < 1.29 is 4.74 Å². The highest BCUT2D eigenvalue weighted by Gasteiger charge is 2.32. The summed E-state index contributed by atoms with van der Waals surface area (Å²) in [6.07, 6.45) is 2.74. The van der Waals surface area contributed by atoms with Gasteiger partial charge in [0.25, 0.3) is 0 Å². The minimum absolute atomic E-state index is 0.0471. The Morgan fingerprint density at radius 2 is 2.17 bits per heavy atom. The van der Waals surface area contributed by atoms with Gasteiger partial charge in [0.15, 0.2) is 5.96 Å². The maximum absolute atomic E-state index is 5.33. The number of hydrogen-bond donors (Lipinski definition) is 1. The number of nitrogens with one attached hydrogen (secondary N) is 1. The van der Waals surface area contributed by atoms with E-state index in [1.165, 1.54) is 12.8 Å². The predicted octanol–water partition coefficient (Wildman–Crippen LogP) is 2.20. The summed E-state index contributed by atoms with van der Waals surface area (Å²) in [6.45, 7) is 3.69. The quantitative estimate of drug-likeness (QED) is 0.574. The van der Waals surface area contributed by atoms with Gasteiger partial charge >= 0.3 is 0 Å². The van der Waals surface area contributed by atoms with E-state index < -0.39 is 0 Å². The molecule has 0 radical (unpaired) electrons. The fourth-order valence-corrected chi connectivity index (χ4v) is 3.67. The lowest BCUT2D eigenvalue weighted by Gasteiger charge is -2.27. The molecule has 0 bridgehead atoms. The Labute approximate surface area is 149 Å². The summed E-state index contributed by atoms with van der Waals surface area (Å²) < 4.78 is 5.33. The molecule has 2 rings (SSSR count). The molecule has 1 aromatic heterocycles. The highest BCUT2D eigenvalue weighted by atomic mass is 32.1. The summed E-state index contributed by atoms with van der Waals surface area (Å²) in [5.41, 5.74) is 1.05. The van der Waals surface area contributed by atoms with Gasteiger partial charge in [0.05, 0.1) is 12.2 Å². The SMILES string of the molecule is CN=C(NCC(C1CC1)N(C)C)N(C)Cc1csc(C(C)OC)n1. The molecule has 1 saturated carbocycles. The highest BCUT2D eigenvalue weighted by Crippen LogP contribution is 2.34. The standard InChI is InChI=1S/C17H31N5OS/c1-12(23-6)16-20-14(11-24-16)10-22(5)17(18-2)19-9-15(21(3)4)13-7-8-13/h11-13,15H,7-10H2,1-6H3,(H,18,19). The number of nitrogens with zero attached hydrogens (tertiary/aromatic N) is 4. The molecule has 1 fully saturated rings. The molecule has 136 valence electrons. The Balaban J connectivity index is 1.89. The highest BCUT2D eigenvalue weighted by molar-refractivity contribution is 7.09. The average molecular weight is 354 g/mol. The van der Waals surface area contributed by atoms with E-state index in [9.17, 15) is 0 Å². The molecule has 0 saturated heterocycles. The van der Waals surface area contributed by atoms with Crippen LogP contribution in [0.1, 0.15) is 36.6 Å². The van der Waals surface area contributed by atoms with Gasteiger partial charge in [-0.3, -0.25) is 4.99 Å². The van der Waals surface area contributed by atoms with Crippen molar-refractivity contribution in [2.75, 3.05) is 41.8 Å². The number of guanidine groups is 1. The van der Waals surface area contributed by atoms with Crippen LogP contribution in [0.5, 0.6) is 0 Å². The topological polar surface area (TPSA) is 53.0 Å². The first kappa shape index (κ1) is 19.1. The molecule has 1 aromatic rings. The predicted molar refractivity (Wildman–Crippen MR) is 101 cm³/mol. The first-order valence-corrected chi connectivity index (χ1v) is 9.39. The molecule has 6 nitrogen and oxygen atoms in total. The Morgan fingerprint density at radius 3 is 2.71 bits per heavy atom. The molecular formula is C17H31N5OS. The number of thiazole rings is 1. The zero-order chi connectivity index (χ0) is 17.7. The maximum Gasteiger partial charge on any atom is 0.193 e. The van der Waals surface area contributed by atoms with Crippen molar-refractivity contribution in [3.8, 4) is 0 Å². The minimum atomic E-state index is 0.0471. The van der Waals surface area contributed by atoms with Gasteiger partial charge < -0.3 is 19.9 Å². The second-order valence-corrected chi connectivity index (χ2v) is 7.60. The third-order valence-electron chi connectivity index (χ3n) is 4.54. The van der Waals surface area contributed by atoms with Crippen LogP contribution in [0, 0.1) is 5.92 Å². The fourth-order valence-electron chi connectivity index (χ4n) is 2.83. The zero-order valence-corrected chi connectivity index (χ0v) is 16.6. The number of likely N-dealkylation sites (N-methyl/N-ethyl adjacent to an activating group) is 1. The van der Waals surface area contributed by atoms with Crippen molar-refractivity contribution in [2.45, 2.75) is 38.5 Å². The third-order valence-corrected chi connectivity index (χ3v) is 5.60. The Bertz CT molecular complexity index is 539. The largest absolute Gasteiger partial charge is 0.375 e. The summed E-state index contributed by atoms with van der Waals surface area (Å²) >= 11 is 1.65. The van der Waals surface area contributed by atoms with Crippen LogP contribution in [0.15, 0.2) is 10.4 Å². The molecular weight excluding hydrogens is 322 g/mol. The van der Waals surface area contributed by atoms with Crippen LogP contribution in [0.2, 0.25) is 0 Å². The summed E-state index contributed by atoms with van der Waals surface area (Å²) in [5, 5.41) is 6.64. The fraction of sp³-hybridized carbons (Fsp3) is 0.765. The van der Waals surface area contributed by atoms with Gasteiger partial charge in [-0.15, -0.1) is 11.3 Å². The lowest BCUT2D eigenvalue weighted by atomic mass is 10.1. The molecule has 0 amide bonds. The van der Waals surface area contributed by atoms with Crippen LogP contribution in [0.25, 0.3) is 0 Å². The molecule has 1 aliphatic carbocycles. The number of rotatable bonds is 8. The molecule has 2 unspecified atom stereocenters. The van der Waals surface area contributed by atoms with Gasteiger partial charge in [-0.2, -0.15) is 0 Å². The average Bonchev–Trinajstić information content (AvgIpc) is 3.28. The molecule has 0 spiro atoms. The van der Waals surface area contributed by atoms with Crippen LogP contribution >= 0.6 is 11.3 Å². The molecule has 2 atom stereocenters. The number of aliphatic imine (C=N–C) groups is 1. The lowest BCUT2D eigenvalue weighted by Crippen LogP contribution is -2.46. The van der Waals surface area contributed by atoms with E-state index in [-0.39, 0.29) is 6.10 Å². The Morgan fingerprint density at radius 1 is 1.46 bits per heavy atom. The summed E-state index contributed by atoms with van der Waals surface area (Å²) in [7, 11) is 9.91. The maximum atomic E-state index is 5.33. The first-order chi connectivity index (χ1) is 11.5. The summed E-state index contributed by atoms with van der Waals surface area (Å²) in [6, 6.07) is 0.573. The molecule has 1 heterocycles. The van der Waals surface area contributed by atoms with Crippen molar-refractivity contribution in [3.05, 3.63) is 16.1 Å². The lowest BCUT2D eigenvalue weighted by molar-refractivity contribution is 0.119. The molecule has 0 aromatic carbocycles. The van der Waals surface area contributed by atoms with Gasteiger partial charge in [-0.1, -0.05) is 0 Å². The van der Waals surface area contributed by atoms with Crippen LogP contribution in [-0.4, -0.2) is 68.6 Å². The molecule has 0 aliphatic heterocycles.